The zero-order valence-electron chi connectivity index (χ0n) is 15.9. The van der Waals surface area contributed by atoms with E-state index in [1.54, 1.807) is 0 Å². The van der Waals surface area contributed by atoms with Crippen LogP contribution in [0.15, 0.2) is 9.98 Å². The average molecular weight is 401 g/mol. The van der Waals surface area contributed by atoms with Gasteiger partial charge in [-0.3, -0.25) is 19.6 Å². The van der Waals surface area contributed by atoms with Gasteiger partial charge in [-0.1, -0.05) is 0 Å². The Morgan fingerprint density at radius 1 is 0.893 bits per heavy atom. The fourth-order valence-electron chi connectivity index (χ4n) is 2.09. The highest BCUT2D eigenvalue weighted by Gasteiger charge is 2.24. The minimum absolute atomic E-state index is 0.0467. The quantitative estimate of drug-likeness (QED) is 0.0863. The van der Waals surface area contributed by atoms with Gasteiger partial charge in [-0.25, -0.2) is 4.79 Å². The molecule has 0 aromatic rings. The summed E-state index contributed by atoms with van der Waals surface area (Å²) in [6.45, 7) is 2.00. The van der Waals surface area contributed by atoms with Gasteiger partial charge in [-0.2, -0.15) is 0 Å². The van der Waals surface area contributed by atoms with Crippen LogP contribution in [0.2, 0.25) is 0 Å². The van der Waals surface area contributed by atoms with Crippen molar-refractivity contribution in [2.75, 3.05) is 13.1 Å². The van der Waals surface area contributed by atoms with E-state index in [0.717, 1.165) is 0 Å². The maximum atomic E-state index is 12.1. The molecule has 13 heteroatoms. The van der Waals surface area contributed by atoms with Gasteiger partial charge in [0.25, 0.3) is 0 Å². The summed E-state index contributed by atoms with van der Waals surface area (Å²) in [6, 6.07) is -2.94. The lowest BCUT2D eigenvalue weighted by atomic mass is 10.1. The molecule has 0 fully saturated rings. The number of nitrogens with one attached hydrogen (secondary N) is 2. The Balaban J connectivity index is 4.44. The van der Waals surface area contributed by atoms with Gasteiger partial charge in [0.2, 0.25) is 11.8 Å². The second-order valence-electron chi connectivity index (χ2n) is 6.13. The molecule has 0 unspecified atom stereocenters. The first-order valence-corrected chi connectivity index (χ1v) is 8.74. The molecular weight excluding hydrogens is 370 g/mol. The van der Waals surface area contributed by atoms with E-state index in [-0.39, 0.29) is 24.9 Å². The standard InChI is InChI=1S/C15H31N9O4/c1-8(23-12(26)9(16)4-2-6-21-14(17)18)11(25)24-10(13(27)28)5-3-7-22-15(19)20/h8-10H,2-7,16H2,1H3,(H,23,26)(H,24,25)(H,27,28)(H4,17,18,21)(H4,19,20,22)/t8-,9-,10-/m0/s1. The van der Waals surface area contributed by atoms with E-state index in [1.165, 1.54) is 6.92 Å². The number of carbonyl (C=O) groups is 3. The lowest BCUT2D eigenvalue weighted by Gasteiger charge is -2.20. The van der Waals surface area contributed by atoms with Gasteiger partial charge in [0.15, 0.2) is 11.9 Å². The molecule has 0 saturated carbocycles. The SMILES string of the molecule is C[C@H](NC(=O)[C@@H](N)CCCN=C(N)N)C(=O)N[C@@H](CCCN=C(N)N)C(=O)O. The molecule has 28 heavy (non-hydrogen) atoms. The number of rotatable bonds is 13. The molecule has 0 saturated heterocycles. The van der Waals surface area contributed by atoms with Crippen molar-refractivity contribution in [3.05, 3.63) is 0 Å². The number of nitrogens with two attached hydrogens (primary N) is 5. The minimum Gasteiger partial charge on any atom is -0.480 e. The molecule has 3 atom stereocenters. The maximum Gasteiger partial charge on any atom is 0.326 e. The van der Waals surface area contributed by atoms with Crippen molar-refractivity contribution in [2.45, 2.75) is 50.7 Å². The molecular formula is C15H31N9O4. The number of amides is 2. The Bertz CT molecular complexity index is 586. The summed E-state index contributed by atoms with van der Waals surface area (Å²) in [7, 11) is 0. The highest BCUT2D eigenvalue weighted by atomic mass is 16.4. The summed E-state index contributed by atoms with van der Waals surface area (Å²) in [5, 5.41) is 14.0. The Labute approximate surface area is 163 Å². The smallest absolute Gasteiger partial charge is 0.326 e. The second kappa shape index (κ2) is 13.1. The van der Waals surface area contributed by atoms with Crippen LogP contribution in [0.3, 0.4) is 0 Å². The monoisotopic (exact) mass is 401 g/mol. The highest BCUT2D eigenvalue weighted by Crippen LogP contribution is 2.01. The Kier molecular flexibility index (Phi) is 11.7. The normalized spacial score (nSPS) is 13.5. The van der Waals surface area contributed by atoms with Crippen molar-refractivity contribution >= 4 is 29.7 Å². The van der Waals surface area contributed by atoms with Crippen LogP contribution in [0, 0.1) is 0 Å². The van der Waals surface area contributed by atoms with Crippen LogP contribution in [0.5, 0.6) is 0 Å². The first-order valence-electron chi connectivity index (χ1n) is 8.74. The Hall–Kier alpha value is -3.09. The fraction of sp³-hybridized carbons (Fsp3) is 0.667. The predicted molar refractivity (Wildman–Crippen MR) is 105 cm³/mol. The van der Waals surface area contributed by atoms with Crippen LogP contribution >= 0.6 is 0 Å². The van der Waals surface area contributed by atoms with Gasteiger partial charge in [-0.15, -0.1) is 0 Å². The molecule has 0 rings (SSSR count). The topological polar surface area (TPSA) is 250 Å². The van der Waals surface area contributed by atoms with E-state index in [1.807, 2.05) is 0 Å². The number of carboxylic acid groups (broad SMARTS) is 1. The largest absolute Gasteiger partial charge is 0.480 e. The van der Waals surface area contributed by atoms with Gasteiger partial charge < -0.3 is 44.4 Å². The lowest BCUT2D eigenvalue weighted by molar-refractivity contribution is -0.142. The number of aliphatic imine (C=N–C) groups is 2. The van der Waals surface area contributed by atoms with Gasteiger partial charge in [-0.05, 0) is 32.6 Å². The molecule has 13 N–H and O–H groups in total. The van der Waals surface area contributed by atoms with Crippen molar-refractivity contribution in [1.82, 2.24) is 10.6 Å². The number of guanidine groups is 2. The third kappa shape index (κ3) is 11.5. The number of carboxylic acids is 1. The zero-order chi connectivity index (χ0) is 21.7. The predicted octanol–water partition coefficient (Wildman–Crippen LogP) is -3.51. The molecule has 160 valence electrons. The average Bonchev–Trinajstić information content (AvgIpc) is 2.59. The Morgan fingerprint density at radius 3 is 1.86 bits per heavy atom. The van der Waals surface area contributed by atoms with Crippen LogP contribution in [-0.4, -0.2) is 66.0 Å². The summed E-state index contributed by atoms with van der Waals surface area (Å²) in [6.07, 6.45) is 1.29. The van der Waals surface area contributed by atoms with E-state index in [2.05, 4.69) is 20.6 Å². The van der Waals surface area contributed by atoms with Crippen molar-refractivity contribution in [3.63, 3.8) is 0 Å². The van der Waals surface area contributed by atoms with Crippen LogP contribution in [0.25, 0.3) is 0 Å². The summed E-state index contributed by atoms with van der Waals surface area (Å²) < 4.78 is 0. The third-order valence-corrected chi connectivity index (χ3v) is 3.62. The van der Waals surface area contributed by atoms with E-state index >= 15 is 0 Å². The van der Waals surface area contributed by atoms with Gasteiger partial charge in [0.05, 0.1) is 6.04 Å². The van der Waals surface area contributed by atoms with Gasteiger partial charge in [0, 0.05) is 13.1 Å². The number of hydrogen-bond donors (Lipinski definition) is 8. The lowest BCUT2D eigenvalue weighted by Crippen LogP contribution is -2.53. The van der Waals surface area contributed by atoms with Crippen LogP contribution in [-0.2, 0) is 14.4 Å². The molecule has 13 nitrogen and oxygen atoms in total. The molecule has 0 heterocycles. The molecule has 2 amide bonds. The van der Waals surface area contributed by atoms with Crippen LogP contribution in [0.4, 0.5) is 0 Å². The molecule has 0 aromatic carbocycles. The molecule has 0 aromatic heterocycles. The Morgan fingerprint density at radius 2 is 1.39 bits per heavy atom. The van der Waals surface area contributed by atoms with Gasteiger partial charge in [0.1, 0.15) is 12.1 Å². The summed E-state index contributed by atoms with van der Waals surface area (Å²) in [5.41, 5.74) is 26.5. The number of carbonyl (C=O) groups excluding carboxylic acids is 2. The molecule has 0 bridgehead atoms. The highest BCUT2D eigenvalue weighted by molar-refractivity contribution is 5.91. The number of hydrogen-bond acceptors (Lipinski definition) is 6. The summed E-state index contributed by atoms with van der Waals surface area (Å²) in [4.78, 5) is 43.0. The summed E-state index contributed by atoms with van der Waals surface area (Å²) in [5.74, 6) is -2.52. The molecule has 0 spiro atoms. The number of aliphatic carboxylic acids is 1. The minimum atomic E-state index is -1.20. The van der Waals surface area contributed by atoms with Gasteiger partial charge >= 0.3 is 5.97 Å². The number of nitrogens with zero attached hydrogens (tertiary/aromatic N) is 2. The first-order chi connectivity index (χ1) is 13.0. The second-order valence-corrected chi connectivity index (χ2v) is 6.13. The first kappa shape index (κ1) is 24.9. The van der Waals surface area contributed by atoms with E-state index < -0.39 is 35.9 Å². The van der Waals surface area contributed by atoms with Crippen molar-refractivity contribution in [1.29, 1.82) is 0 Å². The van der Waals surface area contributed by atoms with Crippen molar-refractivity contribution in [3.8, 4) is 0 Å². The molecule has 0 aliphatic heterocycles. The fourth-order valence-corrected chi connectivity index (χ4v) is 2.09. The van der Waals surface area contributed by atoms with Crippen molar-refractivity contribution in [2.24, 2.45) is 38.7 Å². The zero-order valence-corrected chi connectivity index (χ0v) is 15.9. The maximum absolute atomic E-state index is 12.1. The van der Waals surface area contributed by atoms with Crippen LogP contribution < -0.4 is 39.3 Å². The molecule has 0 aliphatic carbocycles. The van der Waals surface area contributed by atoms with E-state index in [0.29, 0.717) is 25.8 Å². The van der Waals surface area contributed by atoms with Crippen LogP contribution in [0.1, 0.15) is 32.6 Å². The van der Waals surface area contributed by atoms with E-state index in [4.69, 9.17) is 28.7 Å². The molecule has 0 aliphatic rings. The molecule has 0 radical (unpaired) electrons. The third-order valence-electron chi connectivity index (χ3n) is 3.62. The van der Waals surface area contributed by atoms with E-state index in [9.17, 15) is 19.5 Å². The van der Waals surface area contributed by atoms with Crippen molar-refractivity contribution < 1.29 is 19.5 Å². The summed E-state index contributed by atoms with van der Waals surface area (Å²) >= 11 is 0.